The van der Waals surface area contributed by atoms with Gasteiger partial charge >= 0.3 is 0 Å². The number of aliphatic hydroxyl groups is 1. The van der Waals surface area contributed by atoms with E-state index in [1.54, 1.807) is 12.4 Å². The Labute approximate surface area is 132 Å². The van der Waals surface area contributed by atoms with Crippen molar-refractivity contribution < 1.29 is 9.84 Å². The predicted molar refractivity (Wildman–Crippen MR) is 83.8 cm³/mol. The summed E-state index contributed by atoms with van der Waals surface area (Å²) in [6.07, 6.45) is 2.65. The quantitative estimate of drug-likeness (QED) is 0.810. The molecule has 2 rings (SSSR count). The Kier molecular flexibility index (Phi) is 5.00. The summed E-state index contributed by atoms with van der Waals surface area (Å²) in [5, 5.41) is 10.4. The van der Waals surface area contributed by atoms with Crippen molar-refractivity contribution in [2.45, 2.75) is 26.1 Å². The molecule has 6 heteroatoms. The molecule has 0 bridgehead atoms. The highest BCUT2D eigenvalue weighted by molar-refractivity contribution is 9.12. The summed E-state index contributed by atoms with van der Waals surface area (Å²) in [6.45, 7) is 3.91. The van der Waals surface area contributed by atoms with Crippen LogP contribution in [0.2, 0.25) is 0 Å². The minimum atomic E-state index is -0.722. The minimum Gasteiger partial charge on any atom is -0.489 e. The van der Waals surface area contributed by atoms with Crippen molar-refractivity contribution in [3.8, 4) is 5.75 Å². The van der Waals surface area contributed by atoms with E-state index < -0.39 is 6.10 Å². The number of rotatable bonds is 4. The van der Waals surface area contributed by atoms with Crippen LogP contribution in [0.4, 0.5) is 0 Å². The van der Waals surface area contributed by atoms with Gasteiger partial charge in [0.2, 0.25) is 0 Å². The number of aromatic nitrogens is 1. The van der Waals surface area contributed by atoms with Gasteiger partial charge < -0.3 is 9.84 Å². The molecule has 0 saturated heterocycles. The molecule has 0 spiro atoms. The summed E-state index contributed by atoms with van der Waals surface area (Å²) < 4.78 is 7.46. The Morgan fingerprint density at radius 1 is 1.26 bits per heavy atom. The van der Waals surface area contributed by atoms with Crippen LogP contribution in [0, 0.1) is 0 Å². The predicted octanol–water partition coefficient (Wildman–Crippen LogP) is 4.54. The first-order chi connectivity index (χ1) is 8.97. The molecule has 2 heterocycles. The lowest BCUT2D eigenvalue weighted by Gasteiger charge is -2.13. The first kappa shape index (κ1) is 15.0. The van der Waals surface area contributed by atoms with Crippen molar-refractivity contribution >= 4 is 43.2 Å². The van der Waals surface area contributed by atoms with Gasteiger partial charge in [-0.3, -0.25) is 4.98 Å². The van der Waals surface area contributed by atoms with Crippen molar-refractivity contribution in [1.29, 1.82) is 0 Å². The maximum absolute atomic E-state index is 10.4. The van der Waals surface area contributed by atoms with Crippen LogP contribution in [0.3, 0.4) is 0 Å². The first-order valence-corrected chi connectivity index (χ1v) is 8.12. The summed E-state index contributed by atoms with van der Waals surface area (Å²) in [7, 11) is 0. The number of ether oxygens (including phenoxy) is 1. The fraction of sp³-hybridized carbons (Fsp3) is 0.308. The molecule has 0 saturated carbocycles. The van der Waals surface area contributed by atoms with E-state index in [-0.39, 0.29) is 6.10 Å². The van der Waals surface area contributed by atoms with Gasteiger partial charge in [0.25, 0.3) is 0 Å². The van der Waals surface area contributed by atoms with Gasteiger partial charge in [0.1, 0.15) is 11.9 Å². The fourth-order valence-corrected chi connectivity index (χ4v) is 4.52. The van der Waals surface area contributed by atoms with E-state index in [2.05, 4.69) is 36.8 Å². The van der Waals surface area contributed by atoms with Crippen LogP contribution in [0.25, 0.3) is 0 Å². The highest BCUT2D eigenvalue weighted by atomic mass is 79.9. The highest BCUT2D eigenvalue weighted by Gasteiger charge is 2.17. The topological polar surface area (TPSA) is 42.4 Å². The molecule has 0 aromatic carbocycles. The summed E-state index contributed by atoms with van der Waals surface area (Å²) in [6, 6.07) is 3.71. The van der Waals surface area contributed by atoms with E-state index in [1.807, 2.05) is 26.0 Å². The first-order valence-electron chi connectivity index (χ1n) is 5.71. The van der Waals surface area contributed by atoms with Crippen LogP contribution in [0.1, 0.15) is 31.1 Å². The zero-order valence-electron chi connectivity index (χ0n) is 10.4. The molecular weight excluding hydrogens is 394 g/mol. The average molecular weight is 407 g/mol. The lowest BCUT2D eigenvalue weighted by atomic mass is 10.1. The molecule has 3 nitrogen and oxygen atoms in total. The van der Waals surface area contributed by atoms with Crippen molar-refractivity contribution in [1.82, 2.24) is 4.98 Å². The van der Waals surface area contributed by atoms with Gasteiger partial charge in [-0.1, -0.05) is 0 Å². The van der Waals surface area contributed by atoms with E-state index in [1.165, 1.54) is 11.3 Å². The Morgan fingerprint density at radius 3 is 2.58 bits per heavy atom. The third-order valence-electron chi connectivity index (χ3n) is 2.40. The summed E-state index contributed by atoms with van der Waals surface area (Å²) in [5.74, 6) is 0.664. The zero-order chi connectivity index (χ0) is 14.0. The van der Waals surface area contributed by atoms with E-state index in [0.29, 0.717) is 11.3 Å². The maximum Gasteiger partial charge on any atom is 0.138 e. The van der Waals surface area contributed by atoms with Crippen molar-refractivity contribution in [2.24, 2.45) is 0 Å². The Hall–Kier alpha value is -0.430. The average Bonchev–Trinajstić information content (AvgIpc) is 2.67. The zero-order valence-corrected chi connectivity index (χ0v) is 14.4. The summed E-state index contributed by atoms with van der Waals surface area (Å²) in [5.41, 5.74) is 1.53. The molecule has 0 aliphatic heterocycles. The van der Waals surface area contributed by atoms with Gasteiger partial charge in [-0.05, 0) is 57.8 Å². The highest BCUT2D eigenvalue weighted by Crippen LogP contribution is 2.38. The van der Waals surface area contributed by atoms with Gasteiger partial charge in [0, 0.05) is 17.3 Å². The van der Waals surface area contributed by atoms with Crippen molar-refractivity contribution in [2.75, 3.05) is 0 Å². The van der Waals surface area contributed by atoms with Crippen LogP contribution in [0.5, 0.6) is 5.75 Å². The Bertz CT molecular complexity index is 572. The van der Waals surface area contributed by atoms with Gasteiger partial charge in [-0.2, -0.15) is 0 Å². The number of nitrogens with zero attached hydrogens (tertiary/aromatic N) is 1. The van der Waals surface area contributed by atoms with Crippen LogP contribution in [0.15, 0.2) is 32.1 Å². The molecule has 1 unspecified atom stereocenters. The molecule has 2 aromatic rings. The van der Waals surface area contributed by atoms with Crippen LogP contribution >= 0.6 is 43.2 Å². The second-order valence-electron chi connectivity index (χ2n) is 4.30. The molecule has 0 amide bonds. The lowest BCUT2D eigenvalue weighted by Crippen LogP contribution is -2.07. The number of aliphatic hydroxyl groups excluding tert-OH is 1. The molecule has 0 radical (unpaired) electrons. The van der Waals surface area contributed by atoms with Gasteiger partial charge in [-0.15, -0.1) is 11.3 Å². The standard InChI is InChI=1S/C13H13Br2NO2S/c1-7(2)18-9-3-8(5-16-6-9)12(17)10-4-11(14)19-13(10)15/h3-7,12,17H,1-2H3. The summed E-state index contributed by atoms with van der Waals surface area (Å²) >= 11 is 8.39. The number of hydrogen-bond acceptors (Lipinski definition) is 4. The Balaban J connectivity index is 2.28. The second kappa shape index (κ2) is 6.35. The largest absolute Gasteiger partial charge is 0.489 e. The van der Waals surface area contributed by atoms with E-state index >= 15 is 0 Å². The lowest BCUT2D eigenvalue weighted by molar-refractivity contribution is 0.215. The number of halogens is 2. The number of hydrogen-bond donors (Lipinski definition) is 1. The number of thiophene rings is 1. The van der Waals surface area contributed by atoms with Crippen LogP contribution < -0.4 is 4.74 Å². The van der Waals surface area contributed by atoms with Crippen LogP contribution in [-0.4, -0.2) is 16.2 Å². The molecule has 0 fully saturated rings. The third-order valence-corrected chi connectivity index (χ3v) is 4.79. The monoisotopic (exact) mass is 405 g/mol. The molecule has 0 aliphatic rings. The smallest absolute Gasteiger partial charge is 0.138 e. The molecule has 0 aliphatic carbocycles. The molecule has 1 atom stereocenters. The molecule has 102 valence electrons. The van der Waals surface area contributed by atoms with Gasteiger partial charge in [0.05, 0.1) is 19.9 Å². The molecule has 2 aromatic heterocycles. The van der Waals surface area contributed by atoms with E-state index in [9.17, 15) is 5.11 Å². The minimum absolute atomic E-state index is 0.0798. The number of pyridine rings is 1. The fourth-order valence-electron chi connectivity index (χ4n) is 1.64. The van der Waals surface area contributed by atoms with Crippen LogP contribution in [-0.2, 0) is 0 Å². The molecule has 1 N–H and O–H groups in total. The molecule has 19 heavy (non-hydrogen) atoms. The van der Waals surface area contributed by atoms with E-state index in [4.69, 9.17) is 4.74 Å². The normalized spacial score (nSPS) is 12.7. The van der Waals surface area contributed by atoms with Gasteiger partial charge in [-0.25, -0.2) is 0 Å². The van der Waals surface area contributed by atoms with Crippen molar-refractivity contribution in [3.63, 3.8) is 0 Å². The van der Waals surface area contributed by atoms with Gasteiger partial charge in [0.15, 0.2) is 0 Å². The molecular formula is C13H13Br2NO2S. The van der Waals surface area contributed by atoms with Crippen molar-refractivity contribution in [3.05, 3.63) is 43.2 Å². The summed E-state index contributed by atoms with van der Waals surface area (Å²) in [4.78, 5) is 4.11. The maximum atomic E-state index is 10.4. The second-order valence-corrected chi connectivity index (χ2v) is 8.05. The Morgan fingerprint density at radius 2 is 2.00 bits per heavy atom. The van der Waals surface area contributed by atoms with E-state index in [0.717, 1.165) is 13.1 Å². The third kappa shape index (κ3) is 3.78. The SMILES string of the molecule is CC(C)Oc1cncc(C(O)c2cc(Br)sc2Br)c1.